The molecule has 0 aromatic carbocycles. The highest BCUT2D eigenvalue weighted by Crippen LogP contribution is 2.00. The van der Waals surface area contributed by atoms with Crippen LogP contribution in [0.15, 0.2) is 5.16 Å². The van der Waals surface area contributed by atoms with Gasteiger partial charge < -0.3 is 9.57 Å². The van der Waals surface area contributed by atoms with Gasteiger partial charge >= 0.3 is 5.97 Å². The van der Waals surface area contributed by atoms with E-state index in [-0.39, 0.29) is 18.2 Å². The summed E-state index contributed by atoms with van der Waals surface area (Å²) in [5.41, 5.74) is -0.373. The second-order valence-electron chi connectivity index (χ2n) is 3.61. The summed E-state index contributed by atoms with van der Waals surface area (Å²) in [6.45, 7) is 4.30. The van der Waals surface area contributed by atoms with Crippen molar-refractivity contribution in [2.75, 3.05) is 19.1 Å². The molecule has 0 N–H and O–H groups in total. The fourth-order valence-electron chi connectivity index (χ4n) is 1.17. The Morgan fingerprint density at radius 1 is 1.17 bits per heavy atom. The standard InChI is InChI=1S/C12H20ClNO4/c1-3-5-6-7-8-18-14-11(10(15)9-13)12(16)17-4-2/h3-9H2,1-2H3/b14-11-. The van der Waals surface area contributed by atoms with Gasteiger partial charge in [0.15, 0.2) is 0 Å². The van der Waals surface area contributed by atoms with Gasteiger partial charge in [-0.3, -0.25) is 4.79 Å². The van der Waals surface area contributed by atoms with Crippen LogP contribution >= 0.6 is 11.6 Å². The van der Waals surface area contributed by atoms with E-state index in [2.05, 4.69) is 12.1 Å². The molecule has 0 rings (SSSR count). The largest absolute Gasteiger partial charge is 0.461 e. The Balaban J connectivity index is 4.21. The van der Waals surface area contributed by atoms with Gasteiger partial charge in [0.1, 0.15) is 6.61 Å². The zero-order valence-electron chi connectivity index (χ0n) is 10.9. The Hall–Kier alpha value is -1.10. The molecule has 104 valence electrons. The maximum atomic E-state index is 11.4. The van der Waals surface area contributed by atoms with E-state index in [0.29, 0.717) is 6.61 Å². The van der Waals surface area contributed by atoms with Gasteiger partial charge in [0.05, 0.1) is 12.5 Å². The van der Waals surface area contributed by atoms with Crippen molar-refractivity contribution in [3.05, 3.63) is 0 Å². The Bertz CT molecular complexity index is 292. The van der Waals surface area contributed by atoms with E-state index in [1.54, 1.807) is 6.92 Å². The molecule has 18 heavy (non-hydrogen) atoms. The predicted molar refractivity (Wildman–Crippen MR) is 69.9 cm³/mol. The first-order valence-corrected chi connectivity index (χ1v) is 6.67. The summed E-state index contributed by atoms with van der Waals surface area (Å²) in [6.07, 6.45) is 4.12. The Kier molecular flexibility index (Phi) is 10.3. The Morgan fingerprint density at radius 2 is 1.89 bits per heavy atom. The molecule has 0 spiro atoms. The Morgan fingerprint density at radius 3 is 2.44 bits per heavy atom. The van der Waals surface area contributed by atoms with Crippen LogP contribution in [0.5, 0.6) is 0 Å². The molecule has 0 atom stereocenters. The highest BCUT2D eigenvalue weighted by atomic mass is 35.5. The molecule has 0 saturated heterocycles. The fourth-order valence-corrected chi connectivity index (χ4v) is 1.29. The first-order chi connectivity index (χ1) is 8.67. The Labute approximate surface area is 112 Å². The topological polar surface area (TPSA) is 65.0 Å². The maximum Gasteiger partial charge on any atom is 0.364 e. The lowest BCUT2D eigenvalue weighted by atomic mass is 10.2. The van der Waals surface area contributed by atoms with Crippen molar-refractivity contribution in [2.24, 2.45) is 5.16 Å². The highest BCUT2D eigenvalue weighted by molar-refractivity contribution is 6.67. The number of alkyl halides is 1. The van der Waals surface area contributed by atoms with Crippen LogP contribution in [-0.4, -0.2) is 36.6 Å². The van der Waals surface area contributed by atoms with Crippen LogP contribution in [0.1, 0.15) is 39.5 Å². The number of hydrogen-bond donors (Lipinski definition) is 0. The lowest BCUT2D eigenvalue weighted by molar-refractivity contribution is -0.135. The molecule has 0 aliphatic heterocycles. The van der Waals surface area contributed by atoms with Gasteiger partial charge in [-0.15, -0.1) is 11.6 Å². The third kappa shape index (κ3) is 7.27. The second kappa shape index (κ2) is 11.0. The number of oxime groups is 1. The summed E-state index contributed by atoms with van der Waals surface area (Å²) in [5.74, 6) is -1.71. The van der Waals surface area contributed by atoms with Gasteiger partial charge in [-0.2, -0.15) is 0 Å². The minimum Gasteiger partial charge on any atom is -0.461 e. The van der Waals surface area contributed by atoms with Crippen molar-refractivity contribution in [1.82, 2.24) is 0 Å². The molecule has 0 bridgehead atoms. The molecular weight excluding hydrogens is 258 g/mol. The monoisotopic (exact) mass is 277 g/mol. The smallest absolute Gasteiger partial charge is 0.364 e. The first-order valence-electron chi connectivity index (χ1n) is 6.13. The molecule has 0 aromatic heterocycles. The normalized spacial score (nSPS) is 11.2. The highest BCUT2D eigenvalue weighted by Gasteiger charge is 2.21. The SMILES string of the molecule is CCCCCCO/N=C(/C(=O)CCl)C(=O)OCC. The summed E-state index contributed by atoms with van der Waals surface area (Å²) in [5, 5.41) is 3.52. The number of Topliss-reactive ketones (excluding diaryl/α,β-unsaturated/α-hetero) is 1. The summed E-state index contributed by atoms with van der Waals surface area (Å²) in [6, 6.07) is 0. The number of nitrogens with zero attached hydrogens (tertiary/aromatic N) is 1. The van der Waals surface area contributed by atoms with Gasteiger partial charge in [-0.25, -0.2) is 4.79 Å². The van der Waals surface area contributed by atoms with Crippen molar-refractivity contribution >= 4 is 29.1 Å². The van der Waals surface area contributed by atoms with Crippen LogP contribution in [0.2, 0.25) is 0 Å². The van der Waals surface area contributed by atoms with Crippen molar-refractivity contribution in [2.45, 2.75) is 39.5 Å². The molecule has 0 heterocycles. The van der Waals surface area contributed by atoms with E-state index >= 15 is 0 Å². The average Bonchev–Trinajstić information content (AvgIpc) is 2.37. The fraction of sp³-hybridized carbons (Fsp3) is 0.750. The predicted octanol–water partition coefficient (Wildman–Crippen LogP) is 2.31. The molecule has 0 aromatic rings. The number of hydrogen-bond acceptors (Lipinski definition) is 5. The molecule has 0 aliphatic carbocycles. The van der Waals surface area contributed by atoms with Gasteiger partial charge in [-0.05, 0) is 19.8 Å². The molecule has 5 nitrogen and oxygen atoms in total. The van der Waals surface area contributed by atoms with Gasteiger partial charge in [0, 0.05) is 0 Å². The minimum absolute atomic E-state index is 0.171. The van der Waals surface area contributed by atoms with Crippen molar-refractivity contribution in [1.29, 1.82) is 0 Å². The summed E-state index contributed by atoms with van der Waals surface area (Å²) >= 11 is 5.38. The van der Waals surface area contributed by atoms with Crippen LogP contribution in [0, 0.1) is 0 Å². The molecule has 0 saturated carbocycles. The van der Waals surface area contributed by atoms with E-state index in [9.17, 15) is 9.59 Å². The number of carbonyl (C=O) groups excluding carboxylic acids is 2. The third-order valence-corrected chi connectivity index (χ3v) is 2.34. The molecule has 6 heteroatoms. The summed E-state index contributed by atoms with van der Waals surface area (Å²) in [7, 11) is 0. The molecule has 0 aliphatic rings. The molecule has 0 radical (unpaired) electrons. The number of carbonyl (C=O) groups is 2. The number of unbranched alkanes of at least 4 members (excludes halogenated alkanes) is 3. The van der Waals surface area contributed by atoms with Crippen molar-refractivity contribution in [3.63, 3.8) is 0 Å². The van der Waals surface area contributed by atoms with Crippen molar-refractivity contribution < 1.29 is 19.2 Å². The first kappa shape index (κ1) is 16.9. The van der Waals surface area contributed by atoms with Gasteiger partial charge in [-0.1, -0.05) is 24.9 Å². The van der Waals surface area contributed by atoms with Gasteiger partial charge in [0.25, 0.3) is 0 Å². The van der Waals surface area contributed by atoms with Crippen LogP contribution in [0.25, 0.3) is 0 Å². The van der Waals surface area contributed by atoms with Crippen LogP contribution in [0.4, 0.5) is 0 Å². The van der Waals surface area contributed by atoms with E-state index in [1.807, 2.05) is 0 Å². The second-order valence-corrected chi connectivity index (χ2v) is 3.88. The van der Waals surface area contributed by atoms with E-state index in [1.165, 1.54) is 0 Å². The minimum atomic E-state index is -0.795. The summed E-state index contributed by atoms with van der Waals surface area (Å²) in [4.78, 5) is 27.7. The number of esters is 1. The van der Waals surface area contributed by atoms with Crippen LogP contribution in [0.3, 0.4) is 0 Å². The quantitative estimate of drug-likeness (QED) is 0.153. The van der Waals surface area contributed by atoms with E-state index in [4.69, 9.17) is 21.2 Å². The van der Waals surface area contributed by atoms with Gasteiger partial charge in [0.2, 0.25) is 11.5 Å². The number of ketones is 1. The molecule has 0 unspecified atom stereocenters. The summed E-state index contributed by atoms with van der Waals surface area (Å²) < 4.78 is 4.69. The van der Waals surface area contributed by atoms with Crippen LogP contribution < -0.4 is 0 Å². The van der Waals surface area contributed by atoms with E-state index in [0.717, 1.165) is 25.7 Å². The molecule has 0 fully saturated rings. The maximum absolute atomic E-state index is 11.4. The van der Waals surface area contributed by atoms with Crippen LogP contribution in [-0.2, 0) is 19.2 Å². The number of rotatable bonds is 10. The third-order valence-electron chi connectivity index (χ3n) is 2.10. The number of halogens is 1. The lowest BCUT2D eigenvalue weighted by Gasteiger charge is -2.04. The van der Waals surface area contributed by atoms with E-state index < -0.39 is 11.8 Å². The lowest BCUT2D eigenvalue weighted by Crippen LogP contribution is -2.27. The molecular formula is C12H20ClNO4. The van der Waals surface area contributed by atoms with Crippen molar-refractivity contribution in [3.8, 4) is 0 Å². The zero-order chi connectivity index (χ0) is 13.8. The zero-order valence-corrected chi connectivity index (χ0v) is 11.7. The number of ether oxygens (including phenoxy) is 1. The average molecular weight is 278 g/mol. The molecule has 0 amide bonds.